The van der Waals surface area contributed by atoms with Crippen molar-refractivity contribution in [2.45, 2.75) is 44.2 Å². The number of nitrogens with one attached hydrogen (secondary N) is 1. The Balaban J connectivity index is 1.74. The molecule has 0 spiro atoms. The number of amides is 1. The average molecular weight is 232 g/mol. The summed E-state index contributed by atoms with van der Waals surface area (Å²) in [6, 6.07) is 11.3. The van der Waals surface area contributed by atoms with Crippen molar-refractivity contribution in [3.63, 3.8) is 0 Å². The second kappa shape index (κ2) is 5.32. The molecule has 3 N–H and O–H groups in total. The fourth-order valence-corrected chi connectivity index (χ4v) is 2.51. The Morgan fingerprint density at radius 3 is 2.65 bits per heavy atom. The predicted octanol–water partition coefficient (Wildman–Crippen LogP) is 1.79. The summed E-state index contributed by atoms with van der Waals surface area (Å²) in [6.07, 6.45) is 2.74. The zero-order chi connectivity index (χ0) is 12.3. The first-order valence-corrected chi connectivity index (χ1v) is 6.24. The summed E-state index contributed by atoms with van der Waals surface area (Å²) in [6.45, 7) is 2.01. The van der Waals surface area contributed by atoms with Gasteiger partial charge in [-0.25, -0.2) is 0 Å². The van der Waals surface area contributed by atoms with E-state index >= 15 is 0 Å². The van der Waals surface area contributed by atoms with Crippen LogP contribution in [0, 0.1) is 0 Å². The maximum absolute atomic E-state index is 10.8. The van der Waals surface area contributed by atoms with Crippen LogP contribution in [0.25, 0.3) is 0 Å². The van der Waals surface area contributed by atoms with Crippen LogP contribution in [0.2, 0.25) is 0 Å². The molecule has 0 heterocycles. The number of carbonyl (C=O) groups excluding carboxylic acids is 1. The van der Waals surface area contributed by atoms with Gasteiger partial charge in [-0.1, -0.05) is 30.3 Å². The lowest BCUT2D eigenvalue weighted by molar-refractivity contribution is -0.118. The first-order chi connectivity index (χ1) is 8.15. The molecule has 1 saturated carbocycles. The van der Waals surface area contributed by atoms with Gasteiger partial charge in [-0.05, 0) is 31.2 Å². The van der Waals surface area contributed by atoms with Crippen LogP contribution in [0.4, 0.5) is 0 Å². The van der Waals surface area contributed by atoms with Crippen LogP contribution in [0.3, 0.4) is 0 Å². The monoisotopic (exact) mass is 232 g/mol. The van der Waals surface area contributed by atoms with E-state index in [1.54, 1.807) is 0 Å². The first kappa shape index (κ1) is 12.1. The van der Waals surface area contributed by atoms with Gasteiger partial charge in [0.05, 0.1) is 0 Å². The summed E-state index contributed by atoms with van der Waals surface area (Å²) in [5.74, 6) is 0.443. The minimum absolute atomic E-state index is 0.189. The molecule has 1 aliphatic rings. The van der Waals surface area contributed by atoms with E-state index in [-0.39, 0.29) is 11.9 Å². The molecule has 1 unspecified atom stereocenters. The second-order valence-corrected chi connectivity index (χ2v) is 5.01. The number of hydrogen-bond donors (Lipinski definition) is 2. The average Bonchev–Trinajstić information content (AvgIpc) is 2.23. The number of nitrogens with two attached hydrogens (primary N) is 1. The van der Waals surface area contributed by atoms with Crippen molar-refractivity contribution >= 4 is 5.91 Å². The lowest BCUT2D eigenvalue weighted by Crippen LogP contribution is -2.45. The molecular weight excluding hydrogens is 212 g/mol. The van der Waals surface area contributed by atoms with Gasteiger partial charge in [-0.2, -0.15) is 0 Å². The molecule has 1 amide bonds. The van der Waals surface area contributed by atoms with Crippen LogP contribution >= 0.6 is 0 Å². The van der Waals surface area contributed by atoms with Crippen molar-refractivity contribution in [1.29, 1.82) is 0 Å². The Labute approximate surface area is 102 Å². The molecule has 1 aliphatic carbocycles. The number of benzene rings is 1. The zero-order valence-corrected chi connectivity index (χ0v) is 10.2. The summed E-state index contributed by atoms with van der Waals surface area (Å²) >= 11 is 0. The molecular formula is C14H20N2O. The minimum atomic E-state index is -0.232. The lowest BCUT2D eigenvalue weighted by Gasteiger charge is -2.38. The maximum Gasteiger partial charge on any atom is 0.218 e. The van der Waals surface area contributed by atoms with Gasteiger partial charge in [0.25, 0.3) is 0 Å². The molecule has 3 heteroatoms. The number of primary amides is 1. The Morgan fingerprint density at radius 2 is 2.06 bits per heavy atom. The second-order valence-electron chi connectivity index (χ2n) is 5.01. The molecule has 0 radical (unpaired) electrons. The normalized spacial score (nSPS) is 25.0. The molecule has 3 nitrogen and oxygen atoms in total. The first-order valence-electron chi connectivity index (χ1n) is 6.24. The molecule has 0 aliphatic heterocycles. The van der Waals surface area contributed by atoms with Crippen molar-refractivity contribution in [2.24, 2.45) is 5.73 Å². The van der Waals surface area contributed by atoms with Crippen LogP contribution in [0.5, 0.6) is 0 Å². The van der Waals surface area contributed by atoms with E-state index in [1.165, 1.54) is 5.56 Å². The summed E-state index contributed by atoms with van der Waals surface area (Å²) < 4.78 is 0. The van der Waals surface area contributed by atoms with E-state index in [4.69, 9.17) is 5.73 Å². The van der Waals surface area contributed by atoms with E-state index in [9.17, 15) is 4.79 Å². The topological polar surface area (TPSA) is 55.1 Å². The van der Waals surface area contributed by atoms with Gasteiger partial charge in [0, 0.05) is 18.5 Å². The third-order valence-corrected chi connectivity index (χ3v) is 3.44. The molecule has 0 saturated heterocycles. The highest BCUT2D eigenvalue weighted by Crippen LogP contribution is 2.36. The summed E-state index contributed by atoms with van der Waals surface area (Å²) in [4.78, 5) is 10.8. The number of rotatable bonds is 5. The summed E-state index contributed by atoms with van der Waals surface area (Å²) in [5.41, 5.74) is 6.59. The van der Waals surface area contributed by atoms with Gasteiger partial charge in [-0.15, -0.1) is 0 Å². The molecule has 2 rings (SSSR count). The van der Waals surface area contributed by atoms with Gasteiger partial charge < -0.3 is 11.1 Å². The summed E-state index contributed by atoms with van der Waals surface area (Å²) in [7, 11) is 0. The molecule has 92 valence electrons. The predicted molar refractivity (Wildman–Crippen MR) is 68.6 cm³/mol. The quantitative estimate of drug-likeness (QED) is 0.813. The molecule has 1 aromatic rings. The highest BCUT2D eigenvalue weighted by atomic mass is 16.1. The molecule has 1 fully saturated rings. The van der Waals surface area contributed by atoms with Crippen LogP contribution in [0.15, 0.2) is 30.3 Å². The SMILES string of the molecule is CC(CC(N)=O)NC1CC(c2ccccc2)C1. The Morgan fingerprint density at radius 1 is 1.41 bits per heavy atom. The van der Waals surface area contributed by atoms with Crippen molar-refractivity contribution in [1.82, 2.24) is 5.32 Å². The van der Waals surface area contributed by atoms with Crippen molar-refractivity contribution in [3.8, 4) is 0 Å². The molecule has 1 atom stereocenters. The molecule has 17 heavy (non-hydrogen) atoms. The summed E-state index contributed by atoms with van der Waals surface area (Å²) in [5, 5.41) is 3.45. The van der Waals surface area contributed by atoms with Gasteiger partial charge in [0.15, 0.2) is 0 Å². The zero-order valence-electron chi connectivity index (χ0n) is 10.2. The fourth-order valence-electron chi connectivity index (χ4n) is 2.51. The van der Waals surface area contributed by atoms with Gasteiger partial charge in [0.1, 0.15) is 0 Å². The van der Waals surface area contributed by atoms with Crippen LogP contribution in [-0.2, 0) is 4.79 Å². The number of carbonyl (C=O) groups is 1. The molecule has 0 aromatic heterocycles. The Bertz CT molecular complexity index is 371. The van der Waals surface area contributed by atoms with Gasteiger partial charge in [-0.3, -0.25) is 4.79 Å². The molecule has 1 aromatic carbocycles. The highest BCUT2D eigenvalue weighted by Gasteiger charge is 2.30. The van der Waals surface area contributed by atoms with Crippen molar-refractivity contribution in [3.05, 3.63) is 35.9 Å². The third kappa shape index (κ3) is 3.30. The van der Waals surface area contributed by atoms with Crippen LogP contribution in [0.1, 0.15) is 37.7 Å². The standard InChI is InChI=1S/C14H20N2O/c1-10(7-14(15)17)16-13-8-12(9-13)11-5-3-2-4-6-11/h2-6,10,12-13,16H,7-9H2,1H3,(H2,15,17). The Kier molecular flexibility index (Phi) is 3.79. The van der Waals surface area contributed by atoms with E-state index < -0.39 is 0 Å². The lowest BCUT2D eigenvalue weighted by atomic mass is 9.75. The van der Waals surface area contributed by atoms with Crippen molar-refractivity contribution in [2.75, 3.05) is 0 Å². The van der Waals surface area contributed by atoms with E-state index in [1.807, 2.05) is 13.0 Å². The van der Waals surface area contributed by atoms with Crippen LogP contribution in [-0.4, -0.2) is 18.0 Å². The third-order valence-electron chi connectivity index (χ3n) is 3.44. The number of hydrogen-bond acceptors (Lipinski definition) is 2. The minimum Gasteiger partial charge on any atom is -0.370 e. The van der Waals surface area contributed by atoms with Gasteiger partial charge >= 0.3 is 0 Å². The largest absolute Gasteiger partial charge is 0.370 e. The van der Waals surface area contributed by atoms with E-state index in [2.05, 4.69) is 29.6 Å². The fraction of sp³-hybridized carbons (Fsp3) is 0.500. The maximum atomic E-state index is 10.8. The highest BCUT2D eigenvalue weighted by molar-refractivity contribution is 5.74. The smallest absolute Gasteiger partial charge is 0.218 e. The Hall–Kier alpha value is -1.35. The molecule has 0 bridgehead atoms. The van der Waals surface area contributed by atoms with Crippen molar-refractivity contribution < 1.29 is 4.79 Å². The van der Waals surface area contributed by atoms with E-state index in [0.717, 1.165) is 12.8 Å². The van der Waals surface area contributed by atoms with Gasteiger partial charge in [0.2, 0.25) is 5.91 Å². The van der Waals surface area contributed by atoms with E-state index in [0.29, 0.717) is 18.4 Å². The van der Waals surface area contributed by atoms with Crippen LogP contribution < -0.4 is 11.1 Å².